The zero-order valence-corrected chi connectivity index (χ0v) is 12.1. The summed E-state index contributed by atoms with van der Waals surface area (Å²) < 4.78 is 11.4. The van der Waals surface area contributed by atoms with Gasteiger partial charge in [0.15, 0.2) is 0 Å². The average Bonchev–Trinajstić information content (AvgIpc) is 2.42. The second-order valence-electron chi connectivity index (χ2n) is 5.13. The Hall–Kier alpha value is -2.22. The molecule has 0 aliphatic rings. The van der Waals surface area contributed by atoms with Crippen LogP contribution in [0.4, 0.5) is 0 Å². The van der Waals surface area contributed by atoms with Crippen molar-refractivity contribution >= 4 is 10.8 Å². The monoisotopic (exact) mass is 268 g/mol. The highest BCUT2D eigenvalue weighted by Crippen LogP contribution is 2.29. The van der Waals surface area contributed by atoms with Crippen LogP contribution >= 0.6 is 0 Å². The molecule has 20 heavy (non-hydrogen) atoms. The number of rotatable bonds is 6. The summed E-state index contributed by atoms with van der Waals surface area (Å²) in [7, 11) is 0. The van der Waals surface area contributed by atoms with Gasteiger partial charge in [-0.25, -0.2) is 0 Å². The van der Waals surface area contributed by atoms with E-state index < -0.39 is 0 Å². The Labute approximate surface area is 120 Å². The summed E-state index contributed by atoms with van der Waals surface area (Å²) in [5.74, 6) is 1.72. The lowest BCUT2D eigenvalue weighted by Crippen LogP contribution is -1.99. The minimum Gasteiger partial charge on any atom is -0.489 e. The molecule has 0 fully saturated rings. The fourth-order valence-electron chi connectivity index (χ4n) is 1.86. The molecule has 0 spiro atoms. The maximum atomic E-state index is 5.76. The third kappa shape index (κ3) is 3.64. The number of ether oxygens (including phenoxy) is 2. The first-order valence-electron chi connectivity index (χ1n) is 6.63. The van der Waals surface area contributed by atoms with E-state index in [1.807, 2.05) is 44.2 Å². The molecule has 0 unspecified atom stereocenters. The summed E-state index contributed by atoms with van der Waals surface area (Å²) in [5.41, 5.74) is 2.01. The average molecular weight is 268 g/mol. The van der Waals surface area contributed by atoms with E-state index in [0.29, 0.717) is 13.2 Å². The van der Waals surface area contributed by atoms with Crippen molar-refractivity contribution in [2.24, 2.45) is 0 Å². The first-order valence-corrected chi connectivity index (χ1v) is 6.63. The summed E-state index contributed by atoms with van der Waals surface area (Å²) in [5, 5.41) is 2.18. The van der Waals surface area contributed by atoms with E-state index in [-0.39, 0.29) is 0 Å². The van der Waals surface area contributed by atoms with Crippen molar-refractivity contribution in [2.45, 2.75) is 13.8 Å². The predicted molar refractivity (Wildman–Crippen MR) is 84.6 cm³/mol. The summed E-state index contributed by atoms with van der Waals surface area (Å²) in [6.07, 6.45) is 0. The minimum atomic E-state index is 0.535. The highest BCUT2D eigenvalue weighted by Gasteiger charge is 2.04. The van der Waals surface area contributed by atoms with Crippen LogP contribution in [-0.2, 0) is 0 Å². The van der Waals surface area contributed by atoms with Crippen LogP contribution in [0.3, 0.4) is 0 Å². The molecule has 0 bridgehead atoms. The van der Waals surface area contributed by atoms with Gasteiger partial charge in [0.25, 0.3) is 0 Å². The van der Waals surface area contributed by atoms with Crippen LogP contribution in [0, 0.1) is 0 Å². The van der Waals surface area contributed by atoms with Gasteiger partial charge in [0.1, 0.15) is 24.7 Å². The number of fused-ring (bicyclic) bond motifs is 1. The van der Waals surface area contributed by atoms with E-state index in [1.165, 1.54) is 0 Å². The molecular weight excluding hydrogens is 248 g/mol. The smallest absolute Gasteiger partial charge is 0.127 e. The normalized spacial score (nSPS) is 10.3. The van der Waals surface area contributed by atoms with Crippen LogP contribution in [0.25, 0.3) is 10.8 Å². The molecule has 2 heteroatoms. The Morgan fingerprint density at radius 1 is 0.950 bits per heavy atom. The van der Waals surface area contributed by atoms with Crippen molar-refractivity contribution in [1.29, 1.82) is 0 Å². The Morgan fingerprint density at radius 2 is 1.65 bits per heavy atom. The predicted octanol–water partition coefficient (Wildman–Crippen LogP) is 4.75. The van der Waals surface area contributed by atoms with E-state index in [2.05, 4.69) is 19.2 Å². The Bertz CT molecular complexity index is 641. The Balaban J connectivity index is 2.25. The van der Waals surface area contributed by atoms with Crippen LogP contribution in [0.2, 0.25) is 0 Å². The van der Waals surface area contributed by atoms with Crippen molar-refractivity contribution < 1.29 is 9.47 Å². The number of benzene rings is 2. The second kappa shape index (κ2) is 6.29. The molecule has 2 aromatic rings. The van der Waals surface area contributed by atoms with Gasteiger partial charge in [0, 0.05) is 5.39 Å². The zero-order chi connectivity index (χ0) is 14.5. The molecule has 0 radical (unpaired) electrons. The topological polar surface area (TPSA) is 18.5 Å². The van der Waals surface area contributed by atoms with Crippen LogP contribution in [0.5, 0.6) is 11.5 Å². The molecule has 0 saturated heterocycles. The Kier molecular flexibility index (Phi) is 4.46. The molecular formula is C18H20O2. The van der Waals surface area contributed by atoms with Gasteiger partial charge in [-0.15, -0.1) is 0 Å². The molecule has 0 aliphatic carbocycles. The first kappa shape index (κ1) is 14.2. The summed E-state index contributed by atoms with van der Waals surface area (Å²) in [6.45, 7) is 12.7. The Morgan fingerprint density at radius 3 is 2.35 bits per heavy atom. The molecule has 2 nitrogen and oxygen atoms in total. The van der Waals surface area contributed by atoms with E-state index in [4.69, 9.17) is 9.47 Å². The van der Waals surface area contributed by atoms with Gasteiger partial charge in [-0.05, 0) is 54.6 Å². The molecule has 0 atom stereocenters. The summed E-state index contributed by atoms with van der Waals surface area (Å²) in [4.78, 5) is 0. The van der Waals surface area contributed by atoms with E-state index in [0.717, 1.165) is 33.4 Å². The van der Waals surface area contributed by atoms with Gasteiger partial charge in [-0.2, -0.15) is 0 Å². The van der Waals surface area contributed by atoms with Gasteiger partial charge in [0.2, 0.25) is 0 Å². The third-order valence-corrected chi connectivity index (χ3v) is 2.77. The minimum absolute atomic E-state index is 0.535. The van der Waals surface area contributed by atoms with Crippen molar-refractivity contribution in [3.8, 4) is 11.5 Å². The molecule has 2 aromatic carbocycles. The first-order chi connectivity index (χ1) is 9.56. The van der Waals surface area contributed by atoms with E-state index in [9.17, 15) is 0 Å². The standard InChI is InChI=1S/C18H20O2/c1-13(2)11-19-16-8-9-17-15(10-16)6-5-7-18(17)20-12-14(3)4/h5-10H,1,3,11-12H2,2,4H3. The molecule has 2 rings (SSSR count). The molecule has 0 N–H and O–H groups in total. The SMILES string of the molecule is C=C(C)COc1ccc2c(OCC(=C)C)cccc2c1. The maximum Gasteiger partial charge on any atom is 0.127 e. The molecule has 0 heterocycles. The van der Waals surface area contributed by atoms with Crippen molar-refractivity contribution in [1.82, 2.24) is 0 Å². The van der Waals surface area contributed by atoms with Gasteiger partial charge in [-0.1, -0.05) is 25.3 Å². The lowest BCUT2D eigenvalue weighted by molar-refractivity contribution is 0.352. The fraction of sp³-hybridized carbons (Fsp3) is 0.222. The molecule has 0 saturated carbocycles. The number of hydrogen-bond donors (Lipinski definition) is 0. The van der Waals surface area contributed by atoms with Crippen molar-refractivity contribution in [2.75, 3.05) is 13.2 Å². The maximum absolute atomic E-state index is 5.76. The van der Waals surface area contributed by atoms with Gasteiger partial charge in [0.05, 0.1) is 0 Å². The second-order valence-corrected chi connectivity index (χ2v) is 5.13. The molecule has 0 aliphatic heterocycles. The van der Waals surface area contributed by atoms with Gasteiger partial charge >= 0.3 is 0 Å². The molecule has 104 valence electrons. The summed E-state index contributed by atoms with van der Waals surface area (Å²) >= 11 is 0. The zero-order valence-electron chi connectivity index (χ0n) is 12.1. The highest BCUT2D eigenvalue weighted by atomic mass is 16.5. The number of hydrogen-bond acceptors (Lipinski definition) is 2. The van der Waals surface area contributed by atoms with Gasteiger partial charge in [-0.3, -0.25) is 0 Å². The highest BCUT2D eigenvalue weighted by molar-refractivity contribution is 5.89. The van der Waals surface area contributed by atoms with Crippen molar-refractivity contribution in [3.63, 3.8) is 0 Å². The molecule has 0 amide bonds. The van der Waals surface area contributed by atoms with Crippen LogP contribution in [0.15, 0.2) is 60.7 Å². The largest absolute Gasteiger partial charge is 0.489 e. The lowest BCUT2D eigenvalue weighted by Gasteiger charge is -2.11. The quantitative estimate of drug-likeness (QED) is 0.704. The van der Waals surface area contributed by atoms with Crippen LogP contribution in [-0.4, -0.2) is 13.2 Å². The van der Waals surface area contributed by atoms with Crippen LogP contribution in [0.1, 0.15) is 13.8 Å². The van der Waals surface area contributed by atoms with Crippen molar-refractivity contribution in [3.05, 3.63) is 60.7 Å². The molecule has 0 aromatic heterocycles. The van der Waals surface area contributed by atoms with E-state index >= 15 is 0 Å². The van der Waals surface area contributed by atoms with Gasteiger partial charge < -0.3 is 9.47 Å². The lowest BCUT2D eigenvalue weighted by atomic mass is 10.1. The fourth-order valence-corrected chi connectivity index (χ4v) is 1.86. The summed E-state index contributed by atoms with van der Waals surface area (Å²) in [6, 6.07) is 12.0. The van der Waals surface area contributed by atoms with E-state index in [1.54, 1.807) is 0 Å². The third-order valence-electron chi connectivity index (χ3n) is 2.77. The van der Waals surface area contributed by atoms with Crippen LogP contribution < -0.4 is 9.47 Å².